The molecular formula is C12H17N3S. The van der Waals surface area contributed by atoms with Crippen molar-refractivity contribution >= 4 is 11.3 Å². The normalized spacial score (nSPS) is 10.9. The summed E-state index contributed by atoms with van der Waals surface area (Å²) >= 11 is 1.71. The monoisotopic (exact) mass is 235 g/mol. The third-order valence-electron chi connectivity index (χ3n) is 2.59. The van der Waals surface area contributed by atoms with Gasteiger partial charge in [-0.25, -0.2) is 4.98 Å². The van der Waals surface area contributed by atoms with E-state index < -0.39 is 0 Å². The second kappa shape index (κ2) is 4.78. The second-order valence-corrected chi connectivity index (χ2v) is 4.82. The van der Waals surface area contributed by atoms with Gasteiger partial charge in [0.25, 0.3) is 0 Å². The van der Waals surface area contributed by atoms with Crippen LogP contribution in [0.25, 0.3) is 0 Å². The van der Waals surface area contributed by atoms with E-state index in [1.54, 1.807) is 11.3 Å². The van der Waals surface area contributed by atoms with E-state index in [2.05, 4.69) is 40.1 Å². The van der Waals surface area contributed by atoms with Crippen molar-refractivity contribution in [3.05, 3.63) is 33.5 Å². The molecule has 0 aliphatic rings. The zero-order valence-corrected chi connectivity index (χ0v) is 10.8. The largest absolute Gasteiger partial charge is 0.262 e. The molecule has 0 fully saturated rings. The van der Waals surface area contributed by atoms with Crippen LogP contribution in [-0.4, -0.2) is 14.8 Å². The number of thiazole rings is 1. The summed E-state index contributed by atoms with van der Waals surface area (Å²) < 4.78 is 2.08. The molecule has 0 amide bonds. The molecule has 16 heavy (non-hydrogen) atoms. The van der Waals surface area contributed by atoms with Crippen LogP contribution >= 0.6 is 11.3 Å². The molecule has 0 saturated heterocycles. The Bertz CT molecular complexity index is 470. The van der Waals surface area contributed by atoms with Gasteiger partial charge in [0, 0.05) is 16.8 Å². The highest BCUT2D eigenvalue weighted by Crippen LogP contribution is 2.13. The molecule has 2 rings (SSSR count). The third kappa shape index (κ3) is 2.32. The van der Waals surface area contributed by atoms with E-state index in [4.69, 9.17) is 0 Å². The molecule has 0 saturated carbocycles. The summed E-state index contributed by atoms with van der Waals surface area (Å²) in [6.07, 6.45) is 2.02. The lowest BCUT2D eigenvalue weighted by Gasteiger charge is -2.02. The van der Waals surface area contributed by atoms with Gasteiger partial charge in [0.05, 0.1) is 12.2 Å². The quantitative estimate of drug-likeness (QED) is 0.816. The van der Waals surface area contributed by atoms with Gasteiger partial charge in [-0.05, 0) is 25.8 Å². The molecule has 2 aromatic heterocycles. The van der Waals surface area contributed by atoms with Gasteiger partial charge in [0.2, 0.25) is 0 Å². The molecule has 2 heterocycles. The minimum atomic E-state index is 0.807. The Hall–Kier alpha value is -1.16. The first kappa shape index (κ1) is 11.3. The van der Waals surface area contributed by atoms with Gasteiger partial charge in [0.1, 0.15) is 5.01 Å². The second-order valence-electron chi connectivity index (χ2n) is 3.87. The number of nitrogens with zero attached hydrogens (tertiary/aromatic N) is 3. The minimum Gasteiger partial charge on any atom is -0.262 e. The van der Waals surface area contributed by atoms with Crippen LogP contribution in [0.3, 0.4) is 0 Å². The summed E-state index contributed by atoms with van der Waals surface area (Å²) in [7, 11) is 0. The van der Waals surface area contributed by atoms with Gasteiger partial charge in [-0.1, -0.05) is 13.8 Å². The summed E-state index contributed by atoms with van der Waals surface area (Å²) in [5.41, 5.74) is 3.57. The Morgan fingerprint density at radius 1 is 1.31 bits per heavy atom. The lowest BCUT2D eigenvalue weighted by Crippen LogP contribution is -2.05. The summed E-state index contributed by atoms with van der Waals surface area (Å²) in [4.78, 5) is 4.47. The SMILES string of the molecule is CCc1cc(CC)n(Cc2nc(C)cs2)n1. The van der Waals surface area contributed by atoms with Gasteiger partial charge in [-0.3, -0.25) is 4.68 Å². The third-order valence-corrected chi connectivity index (χ3v) is 3.54. The average molecular weight is 235 g/mol. The first-order valence-electron chi connectivity index (χ1n) is 5.69. The fraction of sp³-hybridized carbons (Fsp3) is 0.500. The summed E-state index contributed by atoms with van der Waals surface area (Å²) in [5, 5.41) is 7.81. The molecule has 0 N–H and O–H groups in total. The van der Waals surface area contributed by atoms with Crippen molar-refractivity contribution in [1.29, 1.82) is 0 Å². The van der Waals surface area contributed by atoms with E-state index >= 15 is 0 Å². The Kier molecular flexibility index (Phi) is 3.39. The van der Waals surface area contributed by atoms with Crippen LogP contribution in [0.1, 0.15) is 35.9 Å². The molecule has 0 bridgehead atoms. The van der Waals surface area contributed by atoms with E-state index in [1.165, 1.54) is 11.4 Å². The number of hydrogen-bond acceptors (Lipinski definition) is 3. The maximum absolute atomic E-state index is 4.59. The van der Waals surface area contributed by atoms with Crippen molar-refractivity contribution in [3.63, 3.8) is 0 Å². The molecule has 2 aromatic rings. The van der Waals surface area contributed by atoms with Gasteiger partial charge in [-0.2, -0.15) is 5.10 Å². The molecule has 0 aliphatic carbocycles. The van der Waals surface area contributed by atoms with Crippen molar-refractivity contribution in [3.8, 4) is 0 Å². The molecule has 0 aromatic carbocycles. The number of rotatable bonds is 4. The molecule has 86 valence electrons. The molecule has 3 nitrogen and oxygen atoms in total. The van der Waals surface area contributed by atoms with E-state index in [-0.39, 0.29) is 0 Å². The summed E-state index contributed by atoms with van der Waals surface area (Å²) in [6, 6.07) is 2.19. The molecular weight excluding hydrogens is 218 g/mol. The van der Waals surface area contributed by atoms with Gasteiger partial charge < -0.3 is 0 Å². The lowest BCUT2D eigenvalue weighted by molar-refractivity contribution is 0.637. The van der Waals surface area contributed by atoms with Crippen molar-refractivity contribution in [1.82, 2.24) is 14.8 Å². The fourth-order valence-corrected chi connectivity index (χ4v) is 2.47. The predicted octanol–water partition coefficient (Wildman–Crippen LogP) is 2.82. The first-order chi connectivity index (χ1) is 7.72. The van der Waals surface area contributed by atoms with Crippen LogP contribution in [0, 0.1) is 6.92 Å². The van der Waals surface area contributed by atoms with Crippen molar-refractivity contribution < 1.29 is 0 Å². The maximum Gasteiger partial charge on any atom is 0.114 e. The molecule has 0 aliphatic heterocycles. The first-order valence-corrected chi connectivity index (χ1v) is 6.57. The average Bonchev–Trinajstić information content (AvgIpc) is 2.85. The van der Waals surface area contributed by atoms with E-state index in [0.29, 0.717) is 0 Å². The van der Waals surface area contributed by atoms with Gasteiger partial charge in [0.15, 0.2) is 0 Å². The van der Waals surface area contributed by atoms with Crippen LogP contribution in [0.15, 0.2) is 11.4 Å². The Balaban J connectivity index is 2.22. The standard InChI is InChI=1S/C12H17N3S/c1-4-10-6-11(5-2)15(14-10)7-12-13-9(3)8-16-12/h6,8H,4-5,7H2,1-3H3. The Morgan fingerprint density at radius 3 is 2.69 bits per heavy atom. The highest BCUT2D eigenvalue weighted by molar-refractivity contribution is 7.09. The van der Waals surface area contributed by atoms with Crippen LogP contribution in [-0.2, 0) is 19.4 Å². The van der Waals surface area contributed by atoms with E-state index in [0.717, 1.165) is 30.1 Å². The highest BCUT2D eigenvalue weighted by Gasteiger charge is 2.07. The van der Waals surface area contributed by atoms with E-state index in [1.807, 2.05) is 6.92 Å². The summed E-state index contributed by atoms with van der Waals surface area (Å²) in [5.74, 6) is 0. The molecule has 4 heteroatoms. The van der Waals surface area contributed by atoms with Crippen molar-refractivity contribution in [2.75, 3.05) is 0 Å². The van der Waals surface area contributed by atoms with Crippen LogP contribution in [0.5, 0.6) is 0 Å². The van der Waals surface area contributed by atoms with Gasteiger partial charge in [-0.15, -0.1) is 11.3 Å². The molecule has 0 atom stereocenters. The molecule has 0 spiro atoms. The highest BCUT2D eigenvalue weighted by atomic mass is 32.1. The predicted molar refractivity (Wildman–Crippen MR) is 66.9 cm³/mol. The summed E-state index contributed by atoms with van der Waals surface area (Å²) in [6.45, 7) is 7.14. The van der Waals surface area contributed by atoms with Crippen LogP contribution < -0.4 is 0 Å². The molecule has 0 unspecified atom stereocenters. The topological polar surface area (TPSA) is 30.7 Å². The van der Waals surface area contributed by atoms with Crippen molar-refractivity contribution in [2.24, 2.45) is 0 Å². The zero-order chi connectivity index (χ0) is 11.5. The lowest BCUT2D eigenvalue weighted by atomic mass is 10.3. The Labute approximate surface area is 100 Å². The van der Waals surface area contributed by atoms with Crippen LogP contribution in [0.4, 0.5) is 0 Å². The molecule has 0 radical (unpaired) electrons. The minimum absolute atomic E-state index is 0.807. The zero-order valence-electron chi connectivity index (χ0n) is 10.0. The smallest absolute Gasteiger partial charge is 0.114 e. The number of hydrogen-bond donors (Lipinski definition) is 0. The number of aromatic nitrogens is 3. The van der Waals surface area contributed by atoms with E-state index in [9.17, 15) is 0 Å². The Morgan fingerprint density at radius 2 is 2.12 bits per heavy atom. The van der Waals surface area contributed by atoms with Gasteiger partial charge >= 0.3 is 0 Å². The number of aryl methyl sites for hydroxylation is 3. The van der Waals surface area contributed by atoms with Crippen molar-refractivity contribution in [2.45, 2.75) is 40.2 Å². The van der Waals surface area contributed by atoms with Crippen LogP contribution in [0.2, 0.25) is 0 Å². The maximum atomic E-state index is 4.59. The fourth-order valence-electron chi connectivity index (χ4n) is 1.71.